The molecule has 0 aromatic heterocycles. The highest BCUT2D eigenvalue weighted by atomic mass is 19.4. The minimum atomic E-state index is -4.46. The van der Waals surface area contributed by atoms with E-state index in [1.165, 1.54) is 24.3 Å². The zero-order valence-corrected chi connectivity index (χ0v) is 28.8. The molecule has 0 unspecified atom stereocenters. The Morgan fingerprint density at radius 1 is 0.571 bits per heavy atom. The van der Waals surface area contributed by atoms with Crippen molar-refractivity contribution in [3.63, 3.8) is 0 Å². The average Bonchev–Trinajstić information content (AvgIpc) is 3.02. The summed E-state index contributed by atoms with van der Waals surface area (Å²) in [6, 6.07) is 17.3. The van der Waals surface area contributed by atoms with Crippen LogP contribution in [0.4, 0.5) is 26.3 Å². The second-order valence-corrected chi connectivity index (χ2v) is 13.7. The molecule has 0 aliphatic heterocycles. The average molecular weight is 688 g/mol. The lowest BCUT2D eigenvalue weighted by atomic mass is 9.76. The third kappa shape index (κ3) is 8.41. The molecule has 0 aliphatic carbocycles. The van der Waals surface area contributed by atoms with Crippen LogP contribution >= 0.6 is 0 Å². The van der Waals surface area contributed by atoms with Gasteiger partial charge in [0.05, 0.1) is 17.7 Å². The maximum Gasteiger partial charge on any atom is 0.416 e. The van der Waals surface area contributed by atoms with Gasteiger partial charge in [0.1, 0.15) is 11.5 Å². The van der Waals surface area contributed by atoms with E-state index in [0.29, 0.717) is 46.5 Å². The summed E-state index contributed by atoms with van der Waals surface area (Å²) in [5.41, 5.74) is 2.09. The molecule has 0 saturated carbocycles. The van der Waals surface area contributed by atoms with Crippen molar-refractivity contribution in [1.82, 2.24) is 4.90 Å². The van der Waals surface area contributed by atoms with Crippen LogP contribution < -0.4 is 0 Å². The lowest BCUT2D eigenvalue weighted by molar-refractivity contribution is -0.138. The number of alkyl halides is 6. The largest absolute Gasteiger partial charge is 0.507 e. The van der Waals surface area contributed by atoms with Gasteiger partial charge in [-0.05, 0) is 49.2 Å². The van der Waals surface area contributed by atoms with Gasteiger partial charge >= 0.3 is 12.4 Å². The Kier molecular flexibility index (Phi) is 10.9. The molecule has 0 atom stereocenters. The summed E-state index contributed by atoms with van der Waals surface area (Å²) in [7, 11) is 1.57. The normalized spacial score (nSPS) is 12.9. The van der Waals surface area contributed by atoms with Crippen LogP contribution in [0.15, 0.2) is 72.8 Å². The summed E-state index contributed by atoms with van der Waals surface area (Å²) in [6.07, 6.45) is -8.92. The van der Waals surface area contributed by atoms with Gasteiger partial charge in [-0.1, -0.05) is 87.4 Å². The highest BCUT2D eigenvalue weighted by Crippen LogP contribution is 2.43. The van der Waals surface area contributed by atoms with Crippen LogP contribution in [0.5, 0.6) is 11.5 Å². The maximum absolute atomic E-state index is 13.2. The summed E-state index contributed by atoms with van der Waals surface area (Å²) in [4.78, 5) is 2.01. The standard InChI is InChI=1S/C39H43F6NO3/c1-24-18-26(34(47)32(20-24)36(3,4)28-8-12-30(13-9-28)38(40,41)42)22-46(16-17-49-7)23-27-19-25(2)21-33(35(27)48)37(5,6)29-10-14-31(15-11-29)39(43,44)45/h8-15,18-21,47-48H,16-17,22-23H2,1-7H3. The van der Waals surface area contributed by atoms with E-state index >= 15 is 0 Å². The van der Waals surface area contributed by atoms with Gasteiger partial charge in [0.15, 0.2) is 0 Å². The lowest BCUT2D eigenvalue weighted by Crippen LogP contribution is -2.28. The number of benzene rings is 4. The molecule has 264 valence electrons. The Morgan fingerprint density at radius 3 is 1.20 bits per heavy atom. The molecule has 0 radical (unpaired) electrons. The predicted octanol–water partition coefficient (Wildman–Crippen LogP) is 10.1. The third-order valence-corrected chi connectivity index (χ3v) is 9.28. The molecule has 2 N–H and O–H groups in total. The van der Waals surface area contributed by atoms with E-state index < -0.39 is 34.3 Å². The van der Waals surface area contributed by atoms with Gasteiger partial charge in [-0.25, -0.2) is 0 Å². The molecule has 4 aromatic carbocycles. The molecule has 0 fully saturated rings. The highest BCUT2D eigenvalue weighted by molar-refractivity contribution is 5.53. The van der Waals surface area contributed by atoms with Crippen molar-refractivity contribution in [3.05, 3.63) is 128 Å². The van der Waals surface area contributed by atoms with Gasteiger partial charge in [0.25, 0.3) is 0 Å². The van der Waals surface area contributed by atoms with Gasteiger partial charge in [0.2, 0.25) is 0 Å². The first-order valence-corrected chi connectivity index (χ1v) is 15.9. The van der Waals surface area contributed by atoms with Crippen molar-refractivity contribution in [2.24, 2.45) is 0 Å². The molecule has 49 heavy (non-hydrogen) atoms. The smallest absolute Gasteiger partial charge is 0.416 e. The van der Waals surface area contributed by atoms with E-state index in [2.05, 4.69) is 0 Å². The maximum atomic E-state index is 13.2. The number of phenols is 2. The number of hydrogen-bond acceptors (Lipinski definition) is 4. The Bertz CT molecular complexity index is 1630. The number of hydrogen-bond donors (Lipinski definition) is 2. The molecule has 0 aliphatic rings. The minimum absolute atomic E-state index is 0.0236. The van der Waals surface area contributed by atoms with Crippen molar-refractivity contribution in [2.75, 3.05) is 20.3 Å². The number of phenolic OH excluding ortho intramolecular Hbond substituents is 2. The summed E-state index contributed by atoms with van der Waals surface area (Å²) in [6.45, 7) is 12.5. The second-order valence-electron chi connectivity index (χ2n) is 13.7. The van der Waals surface area contributed by atoms with E-state index in [0.717, 1.165) is 35.4 Å². The molecule has 0 bridgehead atoms. The van der Waals surface area contributed by atoms with Crippen molar-refractivity contribution in [3.8, 4) is 11.5 Å². The molecule has 4 rings (SSSR count). The van der Waals surface area contributed by atoms with Gasteiger partial charge in [-0.15, -0.1) is 0 Å². The fraction of sp³-hybridized carbons (Fsp3) is 0.385. The lowest BCUT2D eigenvalue weighted by Gasteiger charge is -2.31. The van der Waals surface area contributed by atoms with Gasteiger partial charge in [0, 0.05) is 59.8 Å². The van der Waals surface area contributed by atoms with Crippen LogP contribution in [0.3, 0.4) is 0 Å². The van der Waals surface area contributed by atoms with E-state index in [1.54, 1.807) is 7.11 Å². The molecule has 0 amide bonds. The Balaban J connectivity index is 1.69. The third-order valence-electron chi connectivity index (χ3n) is 9.28. The molecular weight excluding hydrogens is 644 g/mol. The van der Waals surface area contributed by atoms with E-state index in [-0.39, 0.29) is 24.6 Å². The number of ether oxygens (including phenoxy) is 1. The van der Waals surface area contributed by atoms with Gasteiger partial charge in [-0.3, -0.25) is 4.90 Å². The Labute approximate surface area is 284 Å². The highest BCUT2D eigenvalue weighted by Gasteiger charge is 2.34. The number of nitrogens with zero attached hydrogens (tertiary/aromatic N) is 1. The van der Waals surface area contributed by atoms with Crippen LogP contribution in [0.2, 0.25) is 0 Å². The van der Waals surface area contributed by atoms with Crippen LogP contribution in [0.1, 0.15) is 83.3 Å². The van der Waals surface area contributed by atoms with Crippen molar-refractivity contribution in [2.45, 2.75) is 77.8 Å². The summed E-state index contributed by atoms with van der Waals surface area (Å²) < 4.78 is 84.7. The van der Waals surface area contributed by atoms with Crippen molar-refractivity contribution < 1.29 is 41.3 Å². The molecule has 10 heteroatoms. The monoisotopic (exact) mass is 687 g/mol. The predicted molar refractivity (Wildman–Crippen MR) is 179 cm³/mol. The zero-order chi connectivity index (χ0) is 36.5. The van der Waals surface area contributed by atoms with E-state index in [9.17, 15) is 36.6 Å². The summed E-state index contributed by atoms with van der Waals surface area (Å²) in [5.74, 6) is 0.0472. The zero-order valence-electron chi connectivity index (χ0n) is 28.8. The Hall–Kier alpha value is -4.02. The second kappa shape index (κ2) is 14.1. The number of aromatic hydroxyl groups is 2. The fourth-order valence-corrected chi connectivity index (χ4v) is 6.28. The molecule has 0 saturated heterocycles. The molecule has 0 spiro atoms. The van der Waals surface area contributed by atoms with Crippen LogP contribution in [-0.2, 0) is 41.0 Å². The number of rotatable bonds is 11. The van der Waals surface area contributed by atoms with Gasteiger partial charge in [-0.2, -0.15) is 26.3 Å². The first kappa shape index (κ1) is 37.8. The SMILES string of the molecule is COCCN(Cc1cc(C)cc(C(C)(C)c2ccc(C(F)(F)F)cc2)c1O)Cc1cc(C)cc(C(C)(C)c2ccc(C(F)(F)F)cc2)c1O. The van der Waals surface area contributed by atoms with Gasteiger partial charge < -0.3 is 14.9 Å². The minimum Gasteiger partial charge on any atom is -0.507 e. The topological polar surface area (TPSA) is 52.9 Å². The fourth-order valence-electron chi connectivity index (χ4n) is 6.28. The molecule has 0 heterocycles. The van der Waals surface area contributed by atoms with Crippen LogP contribution in [0, 0.1) is 13.8 Å². The molecule has 4 nitrogen and oxygen atoms in total. The number of aryl methyl sites for hydroxylation is 2. The molecule has 4 aromatic rings. The van der Waals surface area contributed by atoms with Crippen LogP contribution in [-0.4, -0.2) is 35.4 Å². The van der Waals surface area contributed by atoms with Crippen molar-refractivity contribution >= 4 is 0 Å². The number of methoxy groups -OCH3 is 1. The molecular formula is C39H43F6NO3. The van der Waals surface area contributed by atoms with Crippen molar-refractivity contribution in [1.29, 1.82) is 0 Å². The van der Waals surface area contributed by atoms with Crippen LogP contribution in [0.25, 0.3) is 0 Å². The van der Waals surface area contributed by atoms with E-state index in [1.807, 2.05) is 70.7 Å². The first-order valence-electron chi connectivity index (χ1n) is 15.9. The first-order chi connectivity index (χ1) is 22.7. The summed E-state index contributed by atoms with van der Waals surface area (Å²) >= 11 is 0. The quantitative estimate of drug-likeness (QED) is 0.154. The summed E-state index contributed by atoms with van der Waals surface area (Å²) in [5, 5.41) is 23.2. The van der Waals surface area contributed by atoms with E-state index in [4.69, 9.17) is 4.74 Å². The Morgan fingerprint density at radius 2 is 0.898 bits per heavy atom. The number of halogens is 6.